The van der Waals surface area contributed by atoms with E-state index in [-0.39, 0.29) is 30.5 Å². The van der Waals surface area contributed by atoms with Crippen molar-refractivity contribution in [1.82, 2.24) is 19.8 Å². The van der Waals surface area contributed by atoms with Crippen molar-refractivity contribution in [3.05, 3.63) is 42.9 Å². The van der Waals surface area contributed by atoms with Gasteiger partial charge in [0.1, 0.15) is 11.9 Å². The first-order chi connectivity index (χ1) is 12.2. The first-order valence-electron chi connectivity index (χ1n) is 8.91. The molecule has 2 aromatic rings. The molecule has 3 rings (SSSR count). The number of guanidine groups is 1. The van der Waals surface area contributed by atoms with E-state index < -0.39 is 6.10 Å². The Labute approximate surface area is 171 Å². The Morgan fingerprint density at radius 2 is 2.38 bits per heavy atom. The van der Waals surface area contributed by atoms with Crippen LogP contribution in [0.25, 0.3) is 0 Å². The van der Waals surface area contributed by atoms with Gasteiger partial charge < -0.3 is 24.3 Å². The van der Waals surface area contributed by atoms with Crippen LogP contribution in [0, 0.1) is 5.92 Å². The van der Waals surface area contributed by atoms with E-state index >= 15 is 0 Å². The van der Waals surface area contributed by atoms with E-state index in [1.807, 2.05) is 18.7 Å². The molecular weight excluding hydrogens is 445 g/mol. The molecule has 7 nitrogen and oxygen atoms in total. The molecule has 144 valence electrons. The number of imidazole rings is 1. The number of hydrogen-bond donors (Lipinski definition) is 2. The van der Waals surface area contributed by atoms with E-state index in [1.165, 1.54) is 0 Å². The molecular formula is C18H28IN5O2. The van der Waals surface area contributed by atoms with Crippen molar-refractivity contribution in [2.75, 3.05) is 26.2 Å². The number of halogens is 1. The van der Waals surface area contributed by atoms with Crippen LogP contribution >= 0.6 is 24.0 Å². The number of aliphatic imine (C=N–C) groups is 1. The summed E-state index contributed by atoms with van der Waals surface area (Å²) in [6, 6.07) is 3.91. The second-order valence-corrected chi connectivity index (χ2v) is 6.52. The summed E-state index contributed by atoms with van der Waals surface area (Å²) in [5, 5.41) is 13.6. The number of rotatable bonds is 5. The number of aliphatic hydroxyl groups excluding tert-OH is 1. The molecule has 2 aromatic heterocycles. The van der Waals surface area contributed by atoms with Crippen molar-refractivity contribution < 1.29 is 9.52 Å². The minimum Gasteiger partial charge on any atom is -0.467 e. The van der Waals surface area contributed by atoms with Crippen LogP contribution in [-0.4, -0.2) is 51.7 Å². The van der Waals surface area contributed by atoms with Gasteiger partial charge in [0.25, 0.3) is 0 Å². The predicted molar refractivity (Wildman–Crippen MR) is 112 cm³/mol. The molecule has 1 aliphatic heterocycles. The van der Waals surface area contributed by atoms with Crippen LogP contribution in [0.2, 0.25) is 0 Å². The molecule has 3 heterocycles. The standard InChI is InChI=1S/C18H27N5O2.HI/c1-3-20-18(21-11-16(24)17-5-4-10-25-17)22-8-6-14(2)15(12-22)23-9-7-19-13-23;/h4-5,7,9-10,13-16,24H,3,6,8,11-12H2,1-2H3,(H,20,21);1H. The van der Waals surface area contributed by atoms with Crippen molar-refractivity contribution in [2.45, 2.75) is 32.4 Å². The fraction of sp³-hybridized carbons (Fsp3) is 0.556. The third kappa shape index (κ3) is 5.00. The predicted octanol–water partition coefficient (Wildman–Crippen LogP) is 2.68. The third-order valence-corrected chi connectivity index (χ3v) is 4.75. The van der Waals surface area contributed by atoms with Gasteiger partial charge in [-0.05, 0) is 31.4 Å². The Bertz CT molecular complexity index is 659. The molecule has 8 heteroatoms. The number of aliphatic hydroxyl groups is 1. The van der Waals surface area contributed by atoms with Gasteiger partial charge >= 0.3 is 0 Å². The molecule has 1 aliphatic rings. The molecule has 2 N–H and O–H groups in total. The Morgan fingerprint density at radius 1 is 1.54 bits per heavy atom. The smallest absolute Gasteiger partial charge is 0.194 e. The second kappa shape index (κ2) is 9.96. The SMILES string of the molecule is CCNC(=NCC(O)c1ccco1)N1CCC(C)C(n2ccnc2)C1.I. The Balaban J connectivity index is 0.00000243. The first-order valence-corrected chi connectivity index (χ1v) is 8.91. The molecule has 1 fully saturated rings. The average molecular weight is 473 g/mol. The van der Waals surface area contributed by atoms with Gasteiger partial charge in [-0.2, -0.15) is 0 Å². The number of aromatic nitrogens is 2. The largest absolute Gasteiger partial charge is 0.467 e. The molecule has 1 saturated heterocycles. The normalized spacial score (nSPS) is 22.0. The van der Waals surface area contributed by atoms with Gasteiger partial charge in [-0.1, -0.05) is 6.92 Å². The molecule has 0 spiro atoms. The van der Waals surface area contributed by atoms with Crippen molar-refractivity contribution in [3.8, 4) is 0 Å². The Kier molecular flexibility index (Phi) is 7.95. The van der Waals surface area contributed by atoms with Crippen molar-refractivity contribution in [3.63, 3.8) is 0 Å². The quantitative estimate of drug-likeness (QED) is 0.397. The number of nitrogens with zero attached hydrogens (tertiary/aromatic N) is 4. The minimum atomic E-state index is -0.725. The molecule has 0 aliphatic carbocycles. The maximum absolute atomic E-state index is 10.2. The molecule has 0 aromatic carbocycles. The fourth-order valence-electron chi connectivity index (χ4n) is 3.26. The van der Waals surface area contributed by atoms with Crippen LogP contribution in [0.5, 0.6) is 0 Å². The van der Waals surface area contributed by atoms with Crippen molar-refractivity contribution in [1.29, 1.82) is 0 Å². The second-order valence-electron chi connectivity index (χ2n) is 6.52. The van der Waals surface area contributed by atoms with Crippen LogP contribution in [0.1, 0.15) is 38.2 Å². The van der Waals surface area contributed by atoms with E-state index in [4.69, 9.17) is 4.42 Å². The lowest BCUT2D eigenvalue weighted by molar-refractivity contribution is 0.156. The maximum atomic E-state index is 10.2. The van der Waals surface area contributed by atoms with E-state index in [2.05, 4.69) is 38.6 Å². The number of furan rings is 1. The van der Waals surface area contributed by atoms with E-state index in [9.17, 15) is 5.11 Å². The highest BCUT2D eigenvalue weighted by molar-refractivity contribution is 14.0. The average Bonchev–Trinajstić information content (AvgIpc) is 3.32. The fourth-order valence-corrected chi connectivity index (χ4v) is 3.26. The zero-order chi connectivity index (χ0) is 17.6. The summed E-state index contributed by atoms with van der Waals surface area (Å²) in [7, 11) is 0. The zero-order valence-corrected chi connectivity index (χ0v) is 17.6. The van der Waals surface area contributed by atoms with Crippen LogP contribution in [0.4, 0.5) is 0 Å². The van der Waals surface area contributed by atoms with Crippen molar-refractivity contribution >= 4 is 29.9 Å². The summed E-state index contributed by atoms with van der Waals surface area (Å²) in [5.74, 6) is 1.97. The number of likely N-dealkylation sites (tertiary alicyclic amines) is 1. The van der Waals surface area contributed by atoms with Gasteiger partial charge in [0.2, 0.25) is 0 Å². The van der Waals surface area contributed by atoms with Gasteiger partial charge in [0, 0.05) is 32.0 Å². The number of nitrogens with one attached hydrogen (secondary N) is 1. The lowest BCUT2D eigenvalue weighted by Crippen LogP contribution is -2.49. The topological polar surface area (TPSA) is 78.8 Å². The molecule has 26 heavy (non-hydrogen) atoms. The Morgan fingerprint density at radius 3 is 3.04 bits per heavy atom. The highest BCUT2D eigenvalue weighted by Gasteiger charge is 2.29. The molecule has 0 amide bonds. The lowest BCUT2D eigenvalue weighted by atomic mass is 9.93. The van der Waals surface area contributed by atoms with Crippen molar-refractivity contribution in [2.24, 2.45) is 10.9 Å². The summed E-state index contributed by atoms with van der Waals surface area (Å²) in [5.41, 5.74) is 0. The zero-order valence-electron chi connectivity index (χ0n) is 15.3. The van der Waals surface area contributed by atoms with E-state index in [1.54, 1.807) is 18.4 Å². The molecule has 3 unspecified atom stereocenters. The summed E-state index contributed by atoms with van der Waals surface area (Å²) in [4.78, 5) is 11.1. The van der Waals surface area contributed by atoms with Crippen LogP contribution in [0.3, 0.4) is 0 Å². The molecule has 0 bridgehead atoms. The van der Waals surface area contributed by atoms with Gasteiger partial charge in [0.05, 0.1) is 25.2 Å². The van der Waals surface area contributed by atoms with Gasteiger partial charge in [-0.3, -0.25) is 0 Å². The minimum absolute atomic E-state index is 0. The van der Waals surface area contributed by atoms with E-state index in [0.717, 1.165) is 32.0 Å². The third-order valence-electron chi connectivity index (χ3n) is 4.75. The van der Waals surface area contributed by atoms with Gasteiger partial charge in [-0.15, -0.1) is 24.0 Å². The summed E-state index contributed by atoms with van der Waals surface area (Å²) < 4.78 is 7.43. The summed E-state index contributed by atoms with van der Waals surface area (Å²) in [6.45, 7) is 7.23. The Hall–Kier alpha value is -1.55. The molecule has 0 radical (unpaired) electrons. The highest BCUT2D eigenvalue weighted by atomic mass is 127. The summed E-state index contributed by atoms with van der Waals surface area (Å²) in [6.07, 6.45) is 7.66. The summed E-state index contributed by atoms with van der Waals surface area (Å²) >= 11 is 0. The van der Waals surface area contributed by atoms with E-state index in [0.29, 0.717) is 17.7 Å². The van der Waals surface area contributed by atoms with Gasteiger partial charge in [-0.25, -0.2) is 9.98 Å². The first kappa shape index (κ1) is 20.8. The monoisotopic (exact) mass is 473 g/mol. The highest BCUT2D eigenvalue weighted by Crippen LogP contribution is 2.27. The van der Waals surface area contributed by atoms with Crippen LogP contribution in [-0.2, 0) is 0 Å². The van der Waals surface area contributed by atoms with Crippen LogP contribution in [0.15, 0.2) is 46.5 Å². The molecule has 0 saturated carbocycles. The number of hydrogen-bond acceptors (Lipinski definition) is 4. The lowest BCUT2D eigenvalue weighted by Gasteiger charge is -2.39. The number of piperidine rings is 1. The maximum Gasteiger partial charge on any atom is 0.194 e. The molecule has 3 atom stereocenters. The van der Waals surface area contributed by atoms with Gasteiger partial charge in [0.15, 0.2) is 5.96 Å². The van der Waals surface area contributed by atoms with Crippen LogP contribution < -0.4 is 5.32 Å².